The fourth-order valence-electron chi connectivity index (χ4n) is 2.13. The molecule has 1 aromatic rings. The summed E-state index contributed by atoms with van der Waals surface area (Å²) >= 11 is 0. The molecule has 0 saturated carbocycles. The molecular weight excluding hydrogens is 238 g/mol. The average Bonchev–Trinajstić information content (AvgIpc) is 2.69. The monoisotopic (exact) mass is 255 g/mol. The Bertz CT molecular complexity index is 545. The molecule has 6 heteroatoms. The van der Waals surface area contributed by atoms with Crippen molar-refractivity contribution in [2.75, 3.05) is 5.75 Å². The molecule has 1 aromatic heterocycles. The first-order valence-electron chi connectivity index (χ1n) is 5.54. The van der Waals surface area contributed by atoms with Gasteiger partial charge in [-0.1, -0.05) is 6.08 Å². The highest BCUT2D eigenvalue weighted by molar-refractivity contribution is 7.94. The Labute approximate surface area is 101 Å². The van der Waals surface area contributed by atoms with Crippen molar-refractivity contribution in [1.29, 1.82) is 0 Å². The molecule has 0 radical (unpaired) electrons. The third-order valence-electron chi connectivity index (χ3n) is 2.91. The molecule has 0 aromatic carbocycles. The van der Waals surface area contributed by atoms with E-state index in [9.17, 15) is 8.42 Å². The molecule has 2 unspecified atom stereocenters. The molecule has 0 bridgehead atoms. The van der Waals surface area contributed by atoms with Gasteiger partial charge in [-0.15, -0.1) is 0 Å². The Balaban J connectivity index is 2.06. The Kier molecular flexibility index (Phi) is 3.09. The summed E-state index contributed by atoms with van der Waals surface area (Å²) in [5, 5.41) is 8.85. The molecule has 0 amide bonds. The van der Waals surface area contributed by atoms with Crippen LogP contribution in [0.15, 0.2) is 17.7 Å². The van der Waals surface area contributed by atoms with E-state index >= 15 is 0 Å². The van der Waals surface area contributed by atoms with Crippen LogP contribution in [0, 0.1) is 6.92 Å². The molecular formula is C11H17N3O2S. The smallest absolute Gasteiger partial charge is 0.173 e. The lowest BCUT2D eigenvalue weighted by molar-refractivity contribution is 0.533. The van der Waals surface area contributed by atoms with Crippen molar-refractivity contribution in [3.8, 4) is 0 Å². The molecule has 94 valence electrons. The molecule has 2 heterocycles. The summed E-state index contributed by atoms with van der Waals surface area (Å²) < 4.78 is 24.3. The van der Waals surface area contributed by atoms with E-state index in [2.05, 4.69) is 10.4 Å². The van der Waals surface area contributed by atoms with E-state index in [4.69, 9.17) is 0 Å². The first-order valence-corrected chi connectivity index (χ1v) is 7.26. The fraction of sp³-hybridized carbons (Fsp3) is 0.545. The summed E-state index contributed by atoms with van der Waals surface area (Å²) in [6.07, 6.45) is 3.66. The third-order valence-corrected chi connectivity index (χ3v) is 4.31. The molecule has 17 heavy (non-hydrogen) atoms. The van der Waals surface area contributed by atoms with Crippen LogP contribution in [-0.4, -0.2) is 30.0 Å². The minimum atomic E-state index is -2.99. The summed E-state index contributed by atoms with van der Waals surface area (Å²) in [5.74, 6) is 0.149. The Morgan fingerprint density at radius 1 is 1.59 bits per heavy atom. The van der Waals surface area contributed by atoms with Crippen molar-refractivity contribution < 1.29 is 8.42 Å². The number of aromatic nitrogens is 2. The van der Waals surface area contributed by atoms with E-state index in [0.717, 1.165) is 11.3 Å². The molecule has 0 fully saturated rings. The van der Waals surface area contributed by atoms with Crippen LogP contribution >= 0.6 is 0 Å². The van der Waals surface area contributed by atoms with E-state index in [1.54, 1.807) is 10.8 Å². The van der Waals surface area contributed by atoms with Gasteiger partial charge in [-0.25, -0.2) is 8.42 Å². The van der Waals surface area contributed by atoms with Crippen LogP contribution in [0.3, 0.4) is 0 Å². The van der Waals surface area contributed by atoms with Gasteiger partial charge < -0.3 is 5.32 Å². The van der Waals surface area contributed by atoms with Gasteiger partial charge in [0.1, 0.15) is 0 Å². The maximum Gasteiger partial charge on any atom is 0.173 e. The van der Waals surface area contributed by atoms with Crippen LogP contribution < -0.4 is 5.32 Å². The number of hydrogen-bond acceptors (Lipinski definition) is 4. The predicted molar refractivity (Wildman–Crippen MR) is 66.2 cm³/mol. The highest BCUT2D eigenvalue weighted by atomic mass is 32.2. The van der Waals surface area contributed by atoms with Crippen LogP contribution in [-0.2, 0) is 16.9 Å². The lowest BCUT2D eigenvalue weighted by atomic mass is 10.1. The van der Waals surface area contributed by atoms with Gasteiger partial charge in [-0.2, -0.15) is 5.10 Å². The largest absolute Gasteiger partial charge is 0.303 e. The summed E-state index contributed by atoms with van der Waals surface area (Å²) in [6.45, 7) is 3.97. The minimum Gasteiger partial charge on any atom is -0.303 e. The summed E-state index contributed by atoms with van der Waals surface area (Å²) in [5.41, 5.74) is 2.07. The highest BCUT2D eigenvalue weighted by Crippen LogP contribution is 2.18. The zero-order valence-corrected chi connectivity index (χ0v) is 11.0. The second-order valence-corrected chi connectivity index (χ2v) is 6.43. The van der Waals surface area contributed by atoms with Gasteiger partial charge in [0.2, 0.25) is 0 Å². The predicted octanol–water partition coefficient (Wildman–Crippen LogP) is 0.690. The van der Waals surface area contributed by atoms with Crippen LogP contribution in [0.5, 0.6) is 0 Å². The van der Waals surface area contributed by atoms with Gasteiger partial charge in [0.25, 0.3) is 0 Å². The second-order valence-electron chi connectivity index (χ2n) is 4.50. The summed E-state index contributed by atoms with van der Waals surface area (Å²) in [6, 6.07) is -0.0127. The molecule has 0 spiro atoms. The van der Waals surface area contributed by atoms with E-state index < -0.39 is 9.84 Å². The Hall–Kier alpha value is -1.14. The topological polar surface area (TPSA) is 64.0 Å². The Morgan fingerprint density at radius 3 is 2.76 bits per heavy atom. The molecule has 5 nitrogen and oxygen atoms in total. The third kappa shape index (κ3) is 2.76. The van der Waals surface area contributed by atoms with Crippen molar-refractivity contribution in [3.05, 3.63) is 28.9 Å². The lowest BCUT2D eigenvalue weighted by Crippen LogP contribution is -2.32. The van der Waals surface area contributed by atoms with Gasteiger partial charge in [0, 0.05) is 36.3 Å². The maximum absolute atomic E-state index is 11.3. The highest BCUT2D eigenvalue weighted by Gasteiger charge is 2.23. The zero-order chi connectivity index (χ0) is 12.6. The van der Waals surface area contributed by atoms with E-state index in [0.29, 0.717) is 0 Å². The average molecular weight is 255 g/mol. The molecule has 2 atom stereocenters. The number of rotatable bonds is 3. The van der Waals surface area contributed by atoms with Crippen LogP contribution in [0.1, 0.15) is 24.2 Å². The van der Waals surface area contributed by atoms with Gasteiger partial charge in [-0.3, -0.25) is 4.68 Å². The number of nitrogens with zero attached hydrogens (tertiary/aromatic N) is 2. The van der Waals surface area contributed by atoms with Gasteiger partial charge in [0.05, 0.1) is 11.4 Å². The van der Waals surface area contributed by atoms with Crippen molar-refractivity contribution in [2.45, 2.75) is 25.9 Å². The van der Waals surface area contributed by atoms with Gasteiger partial charge in [0.15, 0.2) is 9.84 Å². The number of sulfone groups is 1. The first kappa shape index (κ1) is 12.3. The summed E-state index contributed by atoms with van der Waals surface area (Å²) in [7, 11) is -1.11. The molecule has 0 saturated heterocycles. The van der Waals surface area contributed by atoms with Crippen LogP contribution in [0.25, 0.3) is 0 Å². The van der Waals surface area contributed by atoms with Crippen LogP contribution in [0.2, 0.25) is 0 Å². The van der Waals surface area contributed by atoms with Crippen molar-refractivity contribution >= 4 is 9.84 Å². The molecule has 1 N–H and O–H groups in total. The van der Waals surface area contributed by atoms with Gasteiger partial charge in [-0.05, 0) is 13.8 Å². The molecule has 1 aliphatic heterocycles. The second kappa shape index (κ2) is 4.27. The molecule has 1 aliphatic rings. The lowest BCUT2D eigenvalue weighted by Gasteiger charge is -2.17. The van der Waals surface area contributed by atoms with E-state index in [1.807, 2.05) is 27.1 Å². The van der Waals surface area contributed by atoms with E-state index in [1.165, 1.54) is 5.41 Å². The SMILES string of the molecule is Cc1nn(C)cc1C(C)NC1C=CS(=O)(=O)C1. The summed E-state index contributed by atoms with van der Waals surface area (Å²) in [4.78, 5) is 0. The zero-order valence-electron chi connectivity index (χ0n) is 10.2. The van der Waals surface area contributed by atoms with E-state index in [-0.39, 0.29) is 17.8 Å². The number of nitrogens with one attached hydrogen (secondary N) is 1. The first-order chi connectivity index (χ1) is 7.87. The minimum absolute atomic E-state index is 0.0895. The molecule has 2 rings (SSSR count). The van der Waals surface area contributed by atoms with Crippen molar-refractivity contribution in [2.24, 2.45) is 7.05 Å². The van der Waals surface area contributed by atoms with Crippen molar-refractivity contribution in [1.82, 2.24) is 15.1 Å². The molecule has 0 aliphatic carbocycles. The fourth-order valence-corrected chi connectivity index (χ4v) is 3.38. The maximum atomic E-state index is 11.3. The quantitative estimate of drug-likeness (QED) is 0.863. The van der Waals surface area contributed by atoms with Crippen LogP contribution in [0.4, 0.5) is 0 Å². The number of aryl methyl sites for hydroxylation is 2. The number of hydrogen-bond donors (Lipinski definition) is 1. The standard InChI is InChI=1S/C11H17N3O2S/c1-8(11-6-14(3)13-9(11)2)12-10-4-5-17(15,16)7-10/h4-6,8,10,12H,7H2,1-3H3. The van der Waals surface area contributed by atoms with Crippen molar-refractivity contribution in [3.63, 3.8) is 0 Å². The van der Waals surface area contributed by atoms with Gasteiger partial charge >= 0.3 is 0 Å². The normalized spacial score (nSPS) is 24.1. The Morgan fingerprint density at radius 2 is 2.29 bits per heavy atom.